The third kappa shape index (κ3) is 4.11. The fraction of sp³-hybridized carbons (Fsp3) is 0.333. The summed E-state index contributed by atoms with van der Waals surface area (Å²) in [4.78, 5) is 19.7. The monoisotopic (exact) mass is 381 g/mol. The first-order valence-corrected chi connectivity index (χ1v) is 10.1. The lowest BCUT2D eigenvalue weighted by Gasteiger charge is -2.25. The molecule has 140 valence electrons. The van der Waals surface area contributed by atoms with Crippen LogP contribution in [-0.2, 0) is 4.79 Å². The minimum Gasteiger partial charge on any atom is -0.441 e. The van der Waals surface area contributed by atoms with Gasteiger partial charge in [-0.25, -0.2) is 4.99 Å². The number of nitrogens with zero attached hydrogens (tertiary/aromatic N) is 2. The van der Waals surface area contributed by atoms with Crippen LogP contribution in [0.1, 0.15) is 36.1 Å². The van der Waals surface area contributed by atoms with E-state index in [9.17, 15) is 4.79 Å². The van der Waals surface area contributed by atoms with Gasteiger partial charge in [-0.1, -0.05) is 6.07 Å². The summed E-state index contributed by atoms with van der Waals surface area (Å²) in [5.41, 5.74) is 3.25. The number of amidine groups is 1. The molecule has 5 nitrogen and oxygen atoms in total. The van der Waals surface area contributed by atoms with Gasteiger partial charge in [-0.15, -0.1) is 0 Å². The summed E-state index contributed by atoms with van der Waals surface area (Å²) in [5.74, 6) is 1.44. The molecule has 2 saturated heterocycles. The fourth-order valence-electron chi connectivity index (χ4n) is 3.23. The highest BCUT2D eigenvalue weighted by atomic mass is 32.2. The van der Waals surface area contributed by atoms with Gasteiger partial charge < -0.3 is 14.6 Å². The van der Waals surface area contributed by atoms with Crippen molar-refractivity contribution in [3.05, 3.63) is 52.1 Å². The van der Waals surface area contributed by atoms with E-state index < -0.39 is 0 Å². The van der Waals surface area contributed by atoms with Crippen molar-refractivity contribution in [1.29, 1.82) is 0 Å². The molecule has 0 unspecified atom stereocenters. The third-order valence-electron chi connectivity index (χ3n) is 4.93. The smallest absolute Gasteiger partial charge is 0.264 e. The molecule has 0 radical (unpaired) electrons. The summed E-state index contributed by atoms with van der Waals surface area (Å²) in [6.45, 7) is 6.19. The number of carbonyl (C=O) groups excluding carboxylic acids is 1. The van der Waals surface area contributed by atoms with Gasteiger partial charge in [0.05, 0.1) is 10.6 Å². The SMILES string of the molecule is Cc1ccc(N=C2NC(=O)/C(=C/c3ccc(N4CCCCC4)o3)S2)cc1C. The van der Waals surface area contributed by atoms with Crippen molar-refractivity contribution in [2.45, 2.75) is 33.1 Å². The van der Waals surface area contributed by atoms with E-state index in [1.165, 1.54) is 42.2 Å². The van der Waals surface area contributed by atoms with Gasteiger partial charge >= 0.3 is 0 Å². The first-order valence-electron chi connectivity index (χ1n) is 9.30. The van der Waals surface area contributed by atoms with Crippen molar-refractivity contribution >= 4 is 40.5 Å². The Labute approximate surface area is 163 Å². The maximum absolute atomic E-state index is 12.3. The Bertz CT molecular complexity index is 923. The molecule has 2 fully saturated rings. The molecule has 2 aliphatic heterocycles. The number of anilines is 1. The summed E-state index contributed by atoms with van der Waals surface area (Å²) in [6.07, 6.45) is 5.48. The van der Waals surface area contributed by atoms with E-state index in [4.69, 9.17) is 4.42 Å². The van der Waals surface area contributed by atoms with E-state index in [0.717, 1.165) is 24.7 Å². The van der Waals surface area contributed by atoms with E-state index in [1.54, 1.807) is 6.08 Å². The molecule has 6 heteroatoms. The number of aliphatic imine (C=N–C) groups is 1. The minimum absolute atomic E-state index is 0.140. The second kappa shape index (κ2) is 7.64. The molecule has 0 atom stereocenters. The number of nitrogens with one attached hydrogen (secondary N) is 1. The van der Waals surface area contributed by atoms with Gasteiger partial charge in [0.25, 0.3) is 5.91 Å². The number of piperidine rings is 1. The van der Waals surface area contributed by atoms with E-state index in [2.05, 4.69) is 29.1 Å². The van der Waals surface area contributed by atoms with Crippen LogP contribution >= 0.6 is 11.8 Å². The second-order valence-electron chi connectivity index (χ2n) is 6.97. The molecule has 2 aromatic rings. The Morgan fingerprint density at radius 2 is 1.93 bits per heavy atom. The van der Waals surface area contributed by atoms with Crippen LogP contribution in [0.2, 0.25) is 0 Å². The zero-order chi connectivity index (χ0) is 18.8. The summed E-state index contributed by atoms with van der Waals surface area (Å²) in [7, 11) is 0. The number of aryl methyl sites for hydroxylation is 2. The minimum atomic E-state index is -0.140. The molecular formula is C21H23N3O2S. The van der Waals surface area contributed by atoms with Crippen LogP contribution in [0.3, 0.4) is 0 Å². The Hall–Kier alpha value is -2.47. The summed E-state index contributed by atoms with van der Waals surface area (Å²) in [6, 6.07) is 9.93. The molecule has 4 rings (SSSR count). The number of hydrogen-bond donors (Lipinski definition) is 1. The fourth-order valence-corrected chi connectivity index (χ4v) is 4.05. The highest BCUT2D eigenvalue weighted by Crippen LogP contribution is 2.30. The lowest BCUT2D eigenvalue weighted by atomic mass is 10.1. The quantitative estimate of drug-likeness (QED) is 0.778. The van der Waals surface area contributed by atoms with Crippen LogP contribution in [0.25, 0.3) is 6.08 Å². The van der Waals surface area contributed by atoms with Gasteiger partial charge in [-0.3, -0.25) is 4.79 Å². The van der Waals surface area contributed by atoms with Crippen LogP contribution in [0, 0.1) is 13.8 Å². The molecule has 27 heavy (non-hydrogen) atoms. The van der Waals surface area contributed by atoms with Crippen LogP contribution in [-0.4, -0.2) is 24.2 Å². The largest absolute Gasteiger partial charge is 0.441 e. The predicted octanol–water partition coefficient (Wildman–Crippen LogP) is 4.78. The van der Waals surface area contributed by atoms with Crippen molar-refractivity contribution < 1.29 is 9.21 Å². The number of hydrogen-bond acceptors (Lipinski definition) is 5. The maximum atomic E-state index is 12.3. The zero-order valence-corrected chi connectivity index (χ0v) is 16.4. The number of carbonyl (C=O) groups is 1. The normalized spacial score (nSPS) is 20.5. The first-order chi connectivity index (χ1) is 13.1. The van der Waals surface area contributed by atoms with Gasteiger partial charge in [0, 0.05) is 25.2 Å². The predicted molar refractivity (Wildman–Crippen MR) is 111 cm³/mol. The number of furan rings is 1. The topological polar surface area (TPSA) is 57.8 Å². The molecule has 1 aromatic carbocycles. The summed E-state index contributed by atoms with van der Waals surface area (Å²) >= 11 is 1.34. The van der Waals surface area contributed by atoms with Gasteiger partial charge in [-0.05, 0) is 74.2 Å². The third-order valence-corrected chi connectivity index (χ3v) is 5.84. The lowest BCUT2D eigenvalue weighted by molar-refractivity contribution is -0.115. The number of rotatable bonds is 3. The molecule has 2 aliphatic rings. The van der Waals surface area contributed by atoms with E-state index >= 15 is 0 Å². The Kier molecular flexibility index (Phi) is 5.07. The molecule has 3 heterocycles. The number of thioether (sulfide) groups is 1. The van der Waals surface area contributed by atoms with Crippen molar-refractivity contribution in [1.82, 2.24) is 5.32 Å². The molecule has 1 aromatic heterocycles. The molecule has 0 spiro atoms. The maximum Gasteiger partial charge on any atom is 0.264 e. The summed E-state index contributed by atoms with van der Waals surface area (Å²) in [5, 5.41) is 3.43. The first kappa shape index (κ1) is 17.9. The van der Waals surface area contributed by atoms with Crippen LogP contribution in [0.15, 0.2) is 44.6 Å². The van der Waals surface area contributed by atoms with Gasteiger partial charge in [0.15, 0.2) is 11.1 Å². The standard InChI is InChI=1S/C21H23N3O2S/c1-14-6-7-16(12-15(14)2)22-21-23-20(25)18(27-21)13-17-8-9-19(26-17)24-10-4-3-5-11-24/h6-9,12-13H,3-5,10-11H2,1-2H3,(H,22,23,25)/b18-13-. The van der Waals surface area contributed by atoms with Crippen LogP contribution in [0.4, 0.5) is 11.6 Å². The Morgan fingerprint density at radius 1 is 1.11 bits per heavy atom. The Morgan fingerprint density at radius 3 is 2.70 bits per heavy atom. The molecule has 0 saturated carbocycles. The van der Waals surface area contributed by atoms with Gasteiger partial charge in [0.2, 0.25) is 0 Å². The molecule has 1 N–H and O–H groups in total. The second-order valence-corrected chi connectivity index (χ2v) is 8.00. The van der Waals surface area contributed by atoms with Crippen LogP contribution < -0.4 is 10.2 Å². The Balaban J connectivity index is 1.49. The van der Waals surface area contributed by atoms with E-state index in [0.29, 0.717) is 15.8 Å². The van der Waals surface area contributed by atoms with Crippen molar-refractivity contribution in [3.63, 3.8) is 0 Å². The van der Waals surface area contributed by atoms with Crippen molar-refractivity contribution in [2.24, 2.45) is 4.99 Å². The molecular weight excluding hydrogens is 358 g/mol. The van der Waals surface area contributed by atoms with Gasteiger partial charge in [0.1, 0.15) is 5.76 Å². The zero-order valence-electron chi connectivity index (χ0n) is 15.6. The van der Waals surface area contributed by atoms with E-state index in [1.807, 2.05) is 30.3 Å². The summed E-state index contributed by atoms with van der Waals surface area (Å²) < 4.78 is 5.93. The van der Waals surface area contributed by atoms with Crippen molar-refractivity contribution in [3.8, 4) is 0 Å². The van der Waals surface area contributed by atoms with E-state index in [-0.39, 0.29) is 5.91 Å². The van der Waals surface area contributed by atoms with Crippen LogP contribution in [0.5, 0.6) is 0 Å². The average molecular weight is 382 g/mol. The van der Waals surface area contributed by atoms with Gasteiger partial charge in [-0.2, -0.15) is 0 Å². The number of benzene rings is 1. The average Bonchev–Trinajstić information content (AvgIpc) is 3.26. The molecule has 1 amide bonds. The number of amides is 1. The molecule has 0 aliphatic carbocycles. The van der Waals surface area contributed by atoms with Crippen molar-refractivity contribution in [2.75, 3.05) is 18.0 Å². The highest BCUT2D eigenvalue weighted by Gasteiger charge is 2.24. The highest BCUT2D eigenvalue weighted by molar-refractivity contribution is 8.18. The lowest BCUT2D eigenvalue weighted by Crippen LogP contribution is -2.28. The molecule has 0 bridgehead atoms.